The number of methoxy groups -OCH3 is 1. The Morgan fingerprint density at radius 1 is 1.24 bits per heavy atom. The fourth-order valence-electron chi connectivity index (χ4n) is 2.90. The summed E-state index contributed by atoms with van der Waals surface area (Å²) in [4.78, 5) is 16.7. The summed E-state index contributed by atoms with van der Waals surface area (Å²) < 4.78 is 6.76. The minimum Gasteiger partial charge on any atom is -0.384 e. The summed E-state index contributed by atoms with van der Waals surface area (Å²) in [6.07, 6.45) is 2.74. The first-order chi connectivity index (χ1) is 12.2. The van der Waals surface area contributed by atoms with Crippen molar-refractivity contribution in [2.75, 3.05) is 13.7 Å². The van der Waals surface area contributed by atoms with E-state index in [1.54, 1.807) is 18.0 Å². The second kappa shape index (κ2) is 7.90. The predicted octanol–water partition coefficient (Wildman–Crippen LogP) is 2.40. The molecule has 0 spiro atoms. The largest absolute Gasteiger partial charge is 0.384 e. The van der Waals surface area contributed by atoms with Crippen LogP contribution in [0.2, 0.25) is 0 Å². The lowest BCUT2D eigenvalue weighted by Gasteiger charge is -2.17. The van der Waals surface area contributed by atoms with Crippen molar-refractivity contribution in [3.05, 3.63) is 59.9 Å². The first-order valence-corrected chi connectivity index (χ1v) is 8.29. The minimum absolute atomic E-state index is 0.0505. The number of ether oxygens (including phenoxy) is 1. The molecule has 1 atom stereocenters. The average Bonchev–Trinajstić information content (AvgIpc) is 2.97. The molecular formula is C19H22N4O2. The Morgan fingerprint density at radius 3 is 2.80 bits per heavy atom. The van der Waals surface area contributed by atoms with Gasteiger partial charge in [-0.05, 0) is 24.1 Å². The van der Waals surface area contributed by atoms with Gasteiger partial charge in [0.05, 0.1) is 18.3 Å². The van der Waals surface area contributed by atoms with E-state index >= 15 is 0 Å². The highest BCUT2D eigenvalue weighted by Crippen LogP contribution is 2.25. The highest BCUT2D eigenvalue weighted by atomic mass is 16.5. The zero-order valence-corrected chi connectivity index (χ0v) is 14.5. The van der Waals surface area contributed by atoms with Crippen LogP contribution in [-0.2, 0) is 23.0 Å². The number of nitrogens with one attached hydrogen (secondary N) is 1. The Kier molecular flexibility index (Phi) is 5.40. The van der Waals surface area contributed by atoms with Gasteiger partial charge >= 0.3 is 0 Å². The summed E-state index contributed by atoms with van der Waals surface area (Å²) in [6.45, 7) is 0.397. The molecule has 6 nitrogen and oxygen atoms in total. The van der Waals surface area contributed by atoms with E-state index in [2.05, 4.69) is 27.5 Å². The van der Waals surface area contributed by atoms with Crippen molar-refractivity contribution in [2.45, 2.75) is 18.9 Å². The molecule has 0 aliphatic carbocycles. The number of hydrogen-bond donors (Lipinski definition) is 1. The monoisotopic (exact) mass is 338 g/mol. The second-order valence-electron chi connectivity index (χ2n) is 5.94. The molecule has 2 aromatic heterocycles. The molecule has 0 saturated heterocycles. The van der Waals surface area contributed by atoms with Crippen LogP contribution in [0.25, 0.3) is 11.0 Å². The number of amides is 1. The van der Waals surface area contributed by atoms with Crippen molar-refractivity contribution in [3.63, 3.8) is 0 Å². The van der Waals surface area contributed by atoms with E-state index in [-0.39, 0.29) is 11.9 Å². The average molecular weight is 338 g/mol. The Morgan fingerprint density at radius 2 is 2.04 bits per heavy atom. The van der Waals surface area contributed by atoms with E-state index in [9.17, 15) is 4.79 Å². The highest BCUT2D eigenvalue weighted by Gasteiger charge is 2.22. The second-order valence-corrected chi connectivity index (χ2v) is 5.94. The van der Waals surface area contributed by atoms with Gasteiger partial charge in [-0.1, -0.05) is 30.3 Å². The SMILES string of the molecule is COCCC(=O)NC(Cc1ccccc1)c1nn(C)c2ncccc12. The van der Waals surface area contributed by atoms with Crippen LogP contribution < -0.4 is 5.32 Å². The number of hydrogen-bond acceptors (Lipinski definition) is 4. The summed E-state index contributed by atoms with van der Waals surface area (Å²) in [5.41, 5.74) is 2.78. The Bertz CT molecular complexity index is 845. The van der Waals surface area contributed by atoms with Crippen LogP contribution >= 0.6 is 0 Å². The van der Waals surface area contributed by atoms with Gasteiger partial charge in [0.25, 0.3) is 0 Å². The third-order valence-electron chi connectivity index (χ3n) is 4.11. The first kappa shape index (κ1) is 17.1. The van der Waals surface area contributed by atoms with Crippen LogP contribution in [0.4, 0.5) is 0 Å². The topological polar surface area (TPSA) is 69.0 Å². The summed E-state index contributed by atoms with van der Waals surface area (Å²) >= 11 is 0. The molecular weight excluding hydrogens is 316 g/mol. The molecule has 1 aromatic carbocycles. The maximum Gasteiger partial charge on any atom is 0.222 e. The Balaban J connectivity index is 1.93. The van der Waals surface area contributed by atoms with Crippen LogP contribution in [0.5, 0.6) is 0 Å². The third-order valence-corrected chi connectivity index (χ3v) is 4.11. The number of pyridine rings is 1. The van der Waals surface area contributed by atoms with Gasteiger partial charge in [0.15, 0.2) is 5.65 Å². The number of aryl methyl sites for hydroxylation is 1. The lowest BCUT2D eigenvalue weighted by molar-refractivity contribution is -0.122. The Labute approximate surface area is 146 Å². The van der Waals surface area contributed by atoms with Crippen molar-refractivity contribution in [2.24, 2.45) is 7.05 Å². The zero-order valence-electron chi connectivity index (χ0n) is 14.5. The summed E-state index contributed by atoms with van der Waals surface area (Å²) in [5, 5.41) is 8.68. The number of fused-ring (bicyclic) bond motifs is 1. The molecule has 25 heavy (non-hydrogen) atoms. The van der Waals surface area contributed by atoms with Crippen LogP contribution in [0.1, 0.15) is 23.7 Å². The third kappa shape index (κ3) is 4.03. The number of rotatable bonds is 7. The molecule has 0 bridgehead atoms. The molecule has 3 aromatic rings. The predicted molar refractivity (Wildman–Crippen MR) is 96.0 cm³/mol. The van der Waals surface area contributed by atoms with E-state index in [0.717, 1.165) is 22.3 Å². The number of nitrogens with zero attached hydrogens (tertiary/aromatic N) is 3. The molecule has 3 rings (SSSR count). The molecule has 1 unspecified atom stereocenters. The quantitative estimate of drug-likeness (QED) is 0.718. The summed E-state index contributed by atoms with van der Waals surface area (Å²) in [6, 6.07) is 13.7. The van der Waals surface area contributed by atoms with E-state index in [4.69, 9.17) is 4.74 Å². The zero-order chi connectivity index (χ0) is 17.6. The molecule has 130 valence electrons. The molecule has 6 heteroatoms. The summed E-state index contributed by atoms with van der Waals surface area (Å²) in [7, 11) is 3.46. The van der Waals surface area contributed by atoms with Crippen LogP contribution in [0.15, 0.2) is 48.7 Å². The normalized spacial score (nSPS) is 12.2. The summed E-state index contributed by atoms with van der Waals surface area (Å²) in [5.74, 6) is -0.0505. The molecule has 0 aliphatic heterocycles. The Hall–Kier alpha value is -2.73. The van der Waals surface area contributed by atoms with Crippen molar-refractivity contribution >= 4 is 16.9 Å². The van der Waals surface area contributed by atoms with E-state index in [0.29, 0.717) is 19.4 Å². The molecule has 1 amide bonds. The van der Waals surface area contributed by atoms with Gasteiger partial charge in [-0.2, -0.15) is 5.10 Å². The molecule has 0 aliphatic rings. The maximum absolute atomic E-state index is 12.3. The van der Waals surface area contributed by atoms with Gasteiger partial charge in [-0.25, -0.2) is 4.98 Å². The van der Waals surface area contributed by atoms with E-state index in [1.807, 2.05) is 37.4 Å². The lowest BCUT2D eigenvalue weighted by atomic mass is 10.0. The number of aromatic nitrogens is 3. The first-order valence-electron chi connectivity index (χ1n) is 8.29. The van der Waals surface area contributed by atoms with Crippen molar-refractivity contribution < 1.29 is 9.53 Å². The van der Waals surface area contributed by atoms with Crippen LogP contribution in [0.3, 0.4) is 0 Å². The smallest absolute Gasteiger partial charge is 0.222 e. The molecule has 0 radical (unpaired) electrons. The molecule has 2 heterocycles. The van der Waals surface area contributed by atoms with Gasteiger partial charge in [0, 0.05) is 32.2 Å². The number of carbonyl (C=O) groups is 1. The number of carbonyl (C=O) groups excluding carboxylic acids is 1. The fraction of sp³-hybridized carbons (Fsp3) is 0.316. The van der Waals surface area contributed by atoms with E-state index < -0.39 is 0 Å². The van der Waals surface area contributed by atoms with Crippen molar-refractivity contribution in [1.29, 1.82) is 0 Å². The minimum atomic E-state index is -0.223. The van der Waals surface area contributed by atoms with Gasteiger partial charge in [0.1, 0.15) is 0 Å². The molecule has 1 N–H and O–H groups in total. The van der Waals surface area contributed by atoms with Crippen LogP contribution in [-0.4, -0.2) is 34.4 Å². The molecule has 0 saturated carbocycles. The highest BCUT2D eigenvalue weighted by molar-refractivity contribution is 5.81. The van der Waals surface area contributed by atoms with Crippen molar-refractivity contribution in [1.82, 2.24) is 20.1 Å². The van der Waals surface area contributed by atoms with Gasteiger partial charge < -0.3 is 10.1 Å². The fourth-order valence-corrected chi connectivity index (χ4v) is 2.90. The maximum atomic E-state index is 12.3. The lowest BCUT2D eigenvalue weighted by Crippen LogP contribution is -2.31. The van der Waals surface area contributed by atoms with Crippen LogP contribution in [0, 0.1) is 0 Å². The van der Waals surface area contributed by atoms with Gasteiger partial charge in [-0.3, -0.25) is 9.48 Å². The molecule has 0 fully saturated rings. The van der Waals surface area contributed by atoms with Gasteiger partial charge in [0.2, 0.25) is 5.91 Å². The van der Waals surface area contributed by atoms with Gasteiger partial charge in [-0.15, -0.1) is 0 Å². The standard InChI is InChI=1S/C19H22N4O2/c1-23-19-15(9-6-11-20-19)18(22-23)16(21-17(24)10-12-25-2)13-14-7-4-3-5-8-14/h3-9,11,16H,10,12-13H2,1-2H3,(H,21,24). The number of benzene rings is 1. The van der Waals surface area contributed by atoms with E-state index in [1.165, 1.54) is 0 Å². The van der Waals surface area contributed by atoms with Crippen molar-refractivity contribution in [3.8, 4) is 0 Å².